The maximum absolute atomic E-state index is 13.6. The Kier molecular flexibility index (Phi) is 11.0. The lowest BCUT2D eigenvalue weighted by Crippen LogP contribution is -2.52. The molecular weight excluding hydrogens is 508 g/mol. The molecule has 37 heavy (non-hydrogen) atoms. The minimum Gasteiger partial charge on any atom is -0.465 e. The number of amides is 2. The SMILES string of the molecule is CCc1cccc(CN(C[C@@H](O)[C@@H](N)Cc2cc(F)cc(F)c2)C(=O)[C@@H](CCS(C)(=O)=O)NC(=O)O)c1. The zero-order valence-corrected chi connectivity index (χ0v) is 21.5. The highest BCUT2D eigenvalue weighted by atomic mass is 32.2. The highest BCUT2D eigenvalue weighted by molar-refractivity contribution is 7.90. The molecule has 0 bridgehead atoms. The van der Waals surface area contributed by atoms with Crippen molar-refractivity contribution >= 4 is 21.8 Å². The molecule has 0 saturated carbocycles. The number of carbonyl (C=O) groups is 2. The van der Waals surface area contributed by atoms with Crippen LogP contribution in [0.5, 0.6) is 0 Å². The molecule has 0 aliphatic carbocycles. The topological polar surface area (TPSA) is 150 Å². The van der Waals surface area contributed by atoms with Crippen molar-refractivity contribution in [1.29, 1.82) is 0 Å². The van der Waals surface area contributed by atoms with Gasteiger partial charge in [0.15, 0.2) is 0 Å². The van der Waals surface area contributed by atoms with Crippen LogP contribution in [0.1, 0.15) is 30.0 Å². The van der Waals surface area contributed by atoms with Crippen LogP contribution >= 0.6 is 0 Å². The predicted molar refractivity (Wildman–Crippen MR) is 135 cm³/mol. The second kappa shape index (κ2) is 13.5. The van der Waals surface area contributed by atoms with Crippen LogP contribution in [0.3, 0.4) is 0 Å². The molecule has 9 nitrogen and oxygen atoms in total. The van der Waals surface area contributed by atoms with E-state index in [0.717, 1.165) is 30.4 Å². The zero-order chi connectivity index (χ0) is 27.8. The van der Waals surface area contributed by atoms with Gasteiger partial charge in [-0.05, 0) is 48.1 Å². The van der Waals surface area contributed by atoms with E-state index in [4.69, 9.17) is 5.73 Å². The van der Waals surface area contributed by atoms with E-state index in [1.807, 2.05) is 19.1 Å². The minimum atomic E-state index is -3.49. The fourth-order valence-corrected chi connectivity index (χ4v) is 4.52. The molecule has 204 valence electrons. The molecule has 3 atom stereocenters. The molecule has 2 aromatic carbocycles. The second-order valence-electron chi connectivity index (χ2n) is 9.03. The largest absolute Gasteiger partial charge is 0.465 e. The smallest absolute Gasteiger partial charge is 0.405 e. The molecule has 2 amide bonds. The number of sulfone groups is 1. The molecule has 0 aliphatic rings. The number of hydrogen-bond donors (Lipinski definition) is 4. The minimum absolute atomic E-state index is 0.0122. The molecule has 0 fully saturated rings. The number of rotatable bonds is 13. The number of nitrogens with zero attached hydrogens (tertiary/aromatic N) is 1. The number of carbonyl (C=O) groups excluding carboxylic acids is 1. The van der Waals surface area contributed by atoms with Crippen LogP contribution in [0.4, 0.5) is 13.6 Å². The molecule has 0 aromatic heterocycles. The van der Waals surface area contributed by atoms with E-state index in [1.165, 1.54) is 4.90 Å². The first-order chi connectivity index (χ1) is 17.3. The third-order valence-electron chi connectivity index (χ3n) is 5.75. The van der Waals surface area contributed by atoms with Crippen molar-refractivity contribution in [3.8, 4) is 0 Å². The molecular formula is C25H33F2N3O6S. The van der Waals surface area contributed by atoms with Crippen LogP contribution in [0.15, 0.2) is 42.5 Å². The maximum Gasteiger partial charge on any atom is 0.405 e. The molecule has 0 radical (unpaired) electrons. The molecule has 0 saturated heterocycles. The number of halogens is 2. The normalized spacial score (nSPS) is 14.0. The number of hydrogen-bond acceptors (Lipinski definition) is 6. The van der Waals surface area contributed by atoms with Gasteiger partial charge in [-0.2, -0.15) is 0 Å². The van der Waals surface area contributed by atoms with Crippen molar-refractivity contribution in [3.63, 3.8) is 0 Å². The Labute approximate surface area is 215 Å². The summed E-state index contributed by atoms with van der Waals surface area (Å²) in [5.74, 6) is -2.76. The third kappa shape index (κ3) is 10.4. The number of carboxylic acid groups (broad SMARTS) is 1. The van der Waals surface area contributed by atoms with Crippen molar-refractivity contribution in [2.45, 2.75) is 50.9 Å². The number of aliphatic hydroxyl groups is 1. The van der Waals surface area contributed by atoms with Gasteiger partial charge in [-0.15, -0.1) is 0 Å². The quantitative estimate of drug-likeness (QED) is 0.302. The van der Waals surface area contributed by atoms with Crippen LogP contribution in [-0.2, 0) is 34.0 Å². The lowest BCUT2D eigenvalue weighted by molar-refractivity contribution is -0.135. The Morgan fingerprint density at radius 1 is 1.08 bits per heavy atom. The first kappa shape index (κ1) is 30.1. The van der Waals surface area contributed by atoms with Gasteiger partial charge >= 0.3 is 6.09 Å². The van der Waals surface area contributed by atoms with Crippen LogP contribution in [0.25, 0.3) is 0 Å². The monoisotopic (exact) mass is 541 g/mol. The van der Waals surface area contributed by atoms with Gasteiger partial charge in [0, 0.05) is 31.5 Å². The molecule has 2 rings (SSSR count). The highest BCUT2D eigenvalue weighted by Crippen LogP contribution is 2.15. The van der Waals surface area contributed by atoms with Crippen molar-refractivity contribution in [1.82, 2.24) is 10.2 Å². The summed E-state index contributed by atoms with van der Waals surface area (Å²) in [4.78, 5) is 25.9. The number of nitrogens with two attached hydrogens (primary N) is 1. The number of benzene rings is 2. The molecule has 2 aromatic rings. The van der Waals surface area contributed by atoms with Gasteiger partial charge in [0.05, 0.1) is 11.9 Å². The average molecular weight is 542 g/mol. The van der Waals surface area contributed by atoms with Gasteiger partial charge in [0.2, 0.25) is 5.91 Å². The molecule has 5 N–H and O–H groups in total. The Morgan fingerprint density at radius 2 is 1.70 bits per heavy atom. The van der Waals surface area contributed by atoms with E-state index in [-0.39, 0.29) is 31.5 Å². The summed E-state index contributed by atoms with van der Waals surface area (Å²) in [6.45, 7) is 1.62. The number of nitrogens with one attached hydrogen (secondary N) is 1. The van der Waals surface area contributed by atoms with Gasteiger partial charge in [0.1, 0.15) is 27.5 Å². The van der Waals surface area contributed by atoms with Crippen LogP contribution in [0.2, 0.25) is 0 Å². The predicted octanol–water partition coefficient (Wildman–Crippen LogP) is 1.86. The Balaban J connectivity index is 2.30. The van der Waals surface area contributed by atoms with Gasteiger partial charge in [0.25, 0.3) is 0 Å². The average Bonchev–Trinajstić information content (AvgIpc) is 2.79. The van der Waals surface area contributed by atoms with E-state index in [9.17, 15) is 37.0 Å². The Hall–Kier alpha value is -3.09. The van der Waals surface area contributed by atoms with Gasteiger partial charge in [-0.1, -0.05) is 31.2 Å². The van der Waals surface area contributed by atoms with Crippen LogP contribution in [0, 0.1) is 11.6 Å². The van der Waals surface area contributed by atoms with Crippen molar-refractivity contribution in [2.75, 3.05) is 18.6 Å². The van der Waals surface area contributed by atoms with E-state index in [2.05, 4.69) is 5.32 Å². The molecule has 0 spiro atoms. The van der Waals surface area contributed by atoms with Gasteiger partial charge in [-0.25, -0.2) is 22.0 Å². The van der Waals surface area contributed by atoms with Crippen molar-refractivity contribution < 1.29 is 37.0 Å². The third-order valence-corrected chi connectivity index (χ3v) is 6.73. The lowest BCUT2D eigenvalue weighted by atomic mass is 10.0. The summed E-state index contributed by atoms with van der Waals surface area (Å²) < 4.78 is 50.4. The van der Waals surface area contributed by atoms with E-state index < -0.39 is 57.4 Å². The van der Waals surface area contributed by atoms with Crippen molar-refractivity contribution in [2.24, 2.45) is 5.73 Å². The number of aryl methyl sites for hydroxylation is 1. The number of aliphatic hydroxyl groups excluding tert-OH is 1. The van der Waals surface area contributed by atoms with E-state index in [0.29, 0.717) is 11.6 Å². The first-order valence-electron chi connectivity index (χ1n) is 11.7. The van der Waals surface area contributed by atoms with E-state index >= 15 is 0 Å². The summed E-state index contributed by atoms with van der Waals surface area (Å²) in [6.07, 6.45) is -1.54. The Bertz CT molecular complexity index is 1170. The highest BCUT2D eigenvalue weighted by Gasteiger charge is 2.30. The van der Waals surface area contributed by atoms with Crippen molar-refractivity contribution in [3.05, 3.63) is 70.8 Å². The first-order valence-corrected chi connectivity index (χ1v) is 13.8. The fraction of sp³-hybridized carbons (Fsp3) is 0.440. The summed E-state index contributed by atoms with van der Waals surface area (Å²) >= 11 is 0. The Morgan fingerprint density at radius 3 is 2.27 bits per heavy atom. The lowest BCUT2D eigenvalue weighted by Gasteiger charge is -2.31. The zero-order valence-electron chi connectivity index (χ0n) is 20.7. The molecule has 0 heterocycles. The summed E-state index contributed by atoms with van der Waals surface area (Å²) in [7, 11) is -3.49. The molecule has 12 heteroatoms. The van der Waals surface area contributed by atoms with Gasteiger partial charge < -0.3 is 26.2 Å². The maximum atomic E-state index is 13.6. The fourth-order valence-electron chi connectivity index (χ4n) is 3.86. The summed E-state index contributed by atoms with van der Waals surface area (Å²) in [6, 6.07) is 7.81. The summed E-state index contributed by atoms with van der Waals surface area (Å²) in [5.41, 5.74) is 8.01. The summed E-state index contributed by atoms with van der Waals surface area (Å²) in [5, 5.41) is 22.1. The van der Waals surface area contributed by atoms with Crippen LogP contribution in [-0.4, -0.2) is 72.3 Å². The molecule has 0 unspecified atom stereocenters. The van der Waals surface area contributed by atoms with Gasteiger partial charge in [-0.3, -0.25) is 4.79 Å². The van der Waals surface area contributed by atoms with E-state index in [1.54, 1.807) is 12.1 Å². The molecule has 0 aliphatic heterocycles. The van der Waals surface area contributed by atoms with Crippen LogP contribution < -0.4 is 11.1 Å². The standard InChI is InChI=1S/C25H33F2N3O6S/c1-3-16-5-4-6-17(9-16)14-30(24(32)22(29-25(33)34)7-8-37(2,35)36)15-23(31)21(28)12-18-10-19(26)13-20(27)11-18/h4-6,9-11,13,21-23,29,31H,3,7-8,12,14-15,28H2,1-2H3,(H,33,34)/t21-,22+,23+/m0/s1. The second-order valence-corrected chi connectivity index (χ2v) is 11.3.